The SMILES string of the molecule is CC(Nc1ccc(C(F)(F)F)cc1Cl)c1ccccc1O. The molecule has 1 atom stereocenters. The Morgan fingerprint density at radius 2 is 1.81 bits per heavy atom. The number of hydrogen-bond donors (Lipinski definition) is 2. The first-order valence-corrected chi connectivity index (χ1v) is 6.58. The van der Waals surface area contributed by atoms with Gasteiger partial charge in [0.15, 0.2) is 0 Å². The van der Waals surface area contributed by atoms with Gasteiger partial charge in [-0.15, -0.1) is 0 Å². The predicted octanol–water partition coefficient (Wildman–Crippen LogP) is 5.24. The summed E-state index contributed by atoms with van der Waals surface area (Å²) in [5, 5.41) is 12.7. The molecule has 2 aromatic carbocycles. The second-order valence-corrected chi connectivity index (χ2v) is 5.02. The van der Waals surface area contributed by atoms with E-state index in [1.54, 1.807) is 31.2 Å². The lowest BCUT2D eigenvalue weighted by molar-refractivity contribution is -0.137. The average Bonchev–Trinajstić information content (AvgIpc) is 2.40. The minimum atomic E-state index is -4.43. The van der Waals surface area contributed by atoms with Crippen LogP contribution in [0.1, 0.15) is 24.1 Å². The number of phenols is 1. The summed E-state index contributed by atoms with van der Waals surface area (Å²) in [5.41, 5.74) is 0.210. The molecule has 112 valence electrons. The third-order valence-corrected chi connectivity index (χ3v) is 3.38. The summed E-state index contributed by atoms with van der Waals surface area (Å²) >= 11 is 5.88. The zero-order valence-corrected chi connectivity index (χ0v) is 11.8. The minimum Gasteiger partial charge on any atom is -0.508 e. The average molecular weight is 316 g/mol. The van der Waals surface area contributed by atoms with Gasteiger partial charge in [0.1, 0.15) is 5.75 Å². The van der Waals surface area contributed by atoms with Crippen LogP contribution in [0.25, 0.3) is 0 Å². The number of aromatic hydroxyl groups is 1. The van der Waals surface area contributed by atoms with Gasteiger partial charge in [-0.1, -0.05) is 29.8 Å². The van der Waals surface area contributed by atoms with Crippen molar-refractivity contribution in [2.75, 3.05) is 5.32 Å². The molecule has 0 saturated carbocycles. The van der Waals surface area contributed by atoms with Crippen LogP contribution in [0.15, 0.2) is 42.5 Å². The van der Waals surface area contributed by atoms with Crippen LogP contribution in [0.5, 0.6) is 5.75 Å². The summed E-state index contributed by atoms with van der Waals surface area (Å²) in [6.07, 6.45) is -4.43. The Balaban J connectivity index is 2.23. The van der Waals surface area contributed by atoms with Crippen LogP contribution in [-0.2, 0) is 6.18 Å². The molecule has 2 rings (SSSR count). The van der Waals surface area contributed by atoms with E-state index in [0.717, 1.165) is 12.1 Å². The number of anilines is 1. The first-order chi connectivity index (χ1) is 9.79. The molecule has 0 aliphatic rings. The van der Waals surface area contributed by atoms with Gasteiger partial charge in [-0.25, -0.2) is 0 Å². The highest BCUT2D eigenvalue weighted by molar-refractivity contribution is 6.33. The predicted molar refractivity (Wildman–Crippen MR) is 76.6 cm³/mol. The summed E-state index contributed by atoms with van der Waals surface area (Å²) in [6.45, 7) is 1.78. The van der Waals surface area contributed by atoms with E-state index in [4.69, 9.17) is 11.6 Å². The number of phenolic OH excluding ortho intramolecular Hbond substituents is 1. The molecule has 0 fully saturated rings. The molecule has 0 aromatic heterocycles. The Kier molecular flexibility index (Phi) is 4.32. The topological polar surface area (TPSA) is 32.3 Å². The van der Waals surface area contributed by atoms with E-state index < -0.39 is 11.7 Å². The van der Waals surface area contributed by atoms with Crippen molar-refractivity contribution in [1.82, 2.24) is 0 Å². The molecule has 0 radical (unpaired) electrons. The molecule has 2 aromatic rings. The lowest BCUT2D eigenvalue weighted by Gasteiger charge is -2.18. The van der Waals surface area contributed by atoms with Crippen molar-refractivity contribution in [3.05, 3.63) is 58.6 Å². The van der Waals surface area contributed by atoms with E-state index in [1.165, 1.54) is 6.07 Å². The molecule has 0 amide bonds. The lowest BCUT2D eigenvalue weighted by atomic mass is 10.1. The van der Waals surface area contributed by atoms with Crippen molar-refractivity contribution in [2.45, 2.75) is 19.1 Å². The van der Waals surface area contributed by atoms with Crippen LogP contribution in [0, 0.1) is 0 Å². The Bertz CT molecular complexity index is 643. The number of rotatable bonds is 3. The number of hydrogen-bond acceptors (Lipinski definition) is 2. The first kappa shape index (κ1) is 15.5. The Hall–Kier alpha value is -1.88. The Morgan fingerprint density at radius 3 is 2.38 bits per heavy atom. The highest BCUT2D eigenvalue weighted by atomic mass is 35.5. The van der Waals surface area contributed by atoms with E-state index in [9.17, 15) is 18.3 Å². The van der Waals surface area contributed by atoms with Gasteiger partial charge in [0.05, 0.1) is 22.3 Å². The number of halogens is 4. The second kappa shape index (κ2) is 5.85. The summed E-state index contributed by atoms with van der Waals surface area (Å²) in [6, 6.07) is 9.54. The van der Waals surface area contributed by atoms with Crippen LogP contribution in [0.2, 0.25) is 5.02 Å². The quantitative estimate of drug-likeness (QED) is 0.812. The van der Waals surface area contributed by atoms with Crippen LogP contribution in [0.3, 0.4) is 0 Å². The maximum atomic E-state index is 12.6. The summed E-state index contributed by atoms with van der Waals surface area (Å²) < 4.78 is 37.7. The fourth-order valence-electron chi connectivity index (χ4n) is 1.97. The molecule has 1 unspecified atom stereocenters. The molecule has 0 spiro atoms. The maximum Gasteiger partial charge on any atom is 0.416 e. The minimum absolute atomic E-state index is 0.0212. The third-order valence-electron chi connectivity index (χ3n) is 3.07. The highest BCUT2D eigenvalue weighted by Gasteiger charge is 2.31. The maximum absolute atomic E-state index is 12.6. The molecule has 0 saturated heterocycles. The van der Waals surface area contributed by atoms with Gasteiger partial charge in [0.2, 0.25) is 0 Å². The van der Waals surface area contributed by atoms with Gasteiger partial charge < -0.3 is 10.4 Å². The molecule has 6 heteroatoms. The van der Waals surface area contributed by atoms with Gasteiger partial charge in [-0.05, 0) is 31.2 Å². The van der Waals surface area contributed by atoms with Crippen molar-refractivity contribution in [1.29, 1.82) is 0 Å². The fraction of sp³-hybridized carbons (Fsp3) is 0.200. The molecule has 0 bridgehead atoms. The van der Waals surface area contributed by atoms with Crippen molar-refractivity contribution in [2.24, 2.45) is 0 Å². The third kappa shape index (κ3) is 3.61. The van der Waals surface area contributed by atoms with E-state index in [0.29, 0.717) is 11.3 Å². The van der Waals surface area contributed by atoms with Gasteiger partial charge >= 0.3 is 6.18 Å². The zero-order chi connectivity index (χ0) is 15.6. The van der Waals surface area contributed by atoms with E-state index in [2.05, 4.69) is 5.32 Å². The van der Waals surface area contributed by atoms with Gasteiger partial charge in [-0.2, -0.15) is 13.2 Å². The Morgan fingerprint density at radius 1 is 1.14 bits per heavy atom. The zero-order valence-electron chi connectivity index (χ0n) is 11.1. The van der Waals surface area contributed by atoms with Crippen LogP contribution in [-0.4, -0.2) is 5.11 Å². The molecule has 0 aliphatic heterocycles. The molecular weight excluding hydrogens is 303 g/mol. The molecule has 2 N–H and O–H groups in total. The van der Waals surface area contributed by atoms with Crippen molar-refractivity contribution < 1.29 is 18.3 Å². The molecule has 0 heterocycles. The van der Waals surface area contributed by atoms with E-state index in [1.807, 2.05) is 0 Å². The van der Waals surface area contributed by atoms with Gasteiger partial charge in [0, 0.05) is 5.56 Å². The smallest absolute Gasteiger partial charge is 0.416 e. The van der Waals surface area contributed by atoms with Crippen molar-refractivity contribution >= 4 is 17.3 Å². The lowest BCUT2D eigenvalue weighted by Crippen LogP contribution is -2.09. The largest absolute Gasteiger partial charge is 0.508 e. The molecular formula is C15H13ClF3NO. The second-order valence-electron chi connectivity index (χ2n) is 4.62. The summed E-state index contributed by atoms with van der Waals surface area (Å²) in [5.74, 6) is 0.112. The van der Waals surface area contributed by atoms with Gasteiger partial charge in [-0.3, -0.25) is 0 Å². The van der Waals surface area contributed by atoms with Crippen LogP contribution >= 0.6 is 11.6 Å². The van der Waals surface area contributed by atoms with E-state index in [-0.39, 0.29) is 16.8 Å². The first-order valence-electron chi connectivity index (χ1n) is 6.20. The standard InChI is InChI=1S/C15H13ClF3NO/c1-9(11-4-2-3-5-14(11)21)20-13-7-6-10(8-12(13)16)15(17,18)19/h2-9,20-21H,1H3. The monoisotopic (exact) mass is 315 g/mol. The highest BCUT2D eigenvalue weighted by Crippen LogP contribution is 2.35. The van der Waals surface area contributed by atoms with Crippen molar-refractivity contribution in [3.8, 4) is 5.75 Å². The fourth-order valence-corrected chi connectivity index (χ4v) is 2.21. The van der Waals surface area contributed by atoms with Crippen LogP contribution in [0.4, 0.5) is 18.9 Å². The molecule has 2 nitrogen and oxygen atoms in total. The van der Waals surface area contributed by atoms with Gasteiger partial charge in [0.25, 0.3) is 0 Å². The number of benzene rings is 2. The number of alkyl halides is 3. The Labute approximate surface area is 125 Å². The van der Waals surface area contributed by atoms with Crippen LogP contribution < -0.4 is 5.32 Å². The van der Waals surface area contributed by atoms with E-state index >= 15 is 0 Å². The summed E-state index contributed by atoms with van der Waals surface area (Å²) in [4.78, 5) is 0. The normalized spacial score (nSPS) is 13.0. The molecule has 0 aliphatic carbocycles. The summed E-state index contributed by atoms with van der Waals surface area (Å²) in [7, 11) is 0. The van der Waals surface area contributed by atoms with Crippen molar-refractivity contribution in [3.63, 3.8) is 0 Å². The number of para-hydroxylation sites is 1. The molecule has 21 heavy (non-hydrogen) atoms. The number of nitrogens with one attached hydrogen (secondary N) is 1.